The molecule has 0 saturated heterocycles. The fourth-order valence-corrected chi connectivity index (χ4v) is 2.50. The maximum absolute atomic E-state index is 13.5. The molecule has 1 rings (SSSR count). The molecule has 32 heavy (non-hydrogen) atoms. The molecule has 14 heteroatoms. The van der Waals surface area contributed by atoms with Gasteiger partial charge in [0.15, 0.2) is 11.6 Å². The van der Waals surface area contributed by atoms with Gasteiger partial charge in [0.05, 0.1) is 25.1 Å². The number of nitrogens with two attached hydrogens (primary N) is 1. The van der Waals surface area contributed by atoms with E-state index in [-0.39, 0.29) is 24.8 Å². The largest absolute Gasteiger partial charge is 0.417 e. The molecule has 0 unspecified atom stereocenters. The average Bonchev–Trinajstić information content (AvgIpc) is 2.74. The van der Waals surface area contributed by atoms with Crippen LogP contribution < -0.4 is 26.6 Å². The molecule has 0 aliphatic rings. The molecule has 0 aromatic carbocycles. The summed E-state index contributed by atoms with van der Waals surface area (Å²) in [5.41, 5.74) is 2.39. The molecule has 0 bridgehead atoms. The second kappa shape index (κ2) is 13.1. The molecule has 0 aliphatic heterocycles. The minimum atomic E-state index is -1.85. The SMILES string of the molecule is CC(C)C[C@H](NN)C(=O)CC(=O)[C@H](C)NCN[C@@H](CO)C(=O)Oc1c(F)nnc(F)c1F. The van der Waals surface area contributed by atoms with Crippen LogP contribution in [0, 0.1) is 23.6 Å². The Labute approximate surface area is 182 Å². The first-order valence-corrected chi connectivity index (χ1v) is 9.69. The Morgan fingerprint density at radius 2 is 1.66 bits per heavy atom. The summed E-state index contributed by atoms with van der Waals surface area (Å²) in [5, 5.41) is 19.7. The van der Waals surface area contributed by atoms with Gasteiger partial charge in [-0.25, -0.2) is 10.2 Å². The van der Waals surface area contributed by atoms with Crippen LogP contribution in [-0.4, -0.2) is 64.2 Å². The average molecular weight is 464 g/mol. The van der Waals surface area contributed by atoms with Gasteiger partial charge in [0.1, 0.15) is 6.04 Å². The van der Waals surface area contributed by atoms with Crippen LogP contribution in [0.2, 0.25) is 0 Å². The first-order chi connectivity index (χ1) is 15.0. The number of esters is 1. The molecule has 0 amide bonds. The second-order valence-corrected chi connectivity index (χ2v) is 7.35. The molecule has 0 fully saturated rings. The van der Waals surface area contributed by atoms with E-state index in [2.05, 4.69) is 31.0 Å². The molecule has 0 radical (unpaired) electrons. The van der Waals surface area contributed by atoms with Crippen LogP contribution >= 0.6 is 0 Å². The molecule has 1 aromatic heterocycles. The van der Waals surface area contributed by atoms with Crippen molar-refractivity contribution >= 4 is 17.5 Å². The van der Waals surface area contributed by atoms with Crippen molar-refractivity contribution in [2.75, 3.05) is 13.3 Å². The van der Waals surface area contributed by atoms with E-state index in [1.165, 1.54) is 6.92 Å². The Bertz CT molecular complexity index is 814. The highest BCUT2D eigenvalue weighted by Gasteiger charge is 2.27. The van der Waals surface area contributed by atoms with Crippen LogP contribution in [0.4, 0.5) is 13.2 Å². The Morgan fingerprint density at radius 3 is 2.22 bits per heavy atom. The van der Waals surface area contributed by atoms with Crippen LogP contribution in [0.3, 0.4) is 0 Å². The quantitative estimate of drug-likeness (QED) is 0.0760. The Morgan fingerprint density at radius 1 is 1.03 bits per heavy atom. The molecule has 11 nitrogen and oxygen atoms in total. The molecule has 0 saturated carbocycles. The first-order valence-electron chi connectivity index (χ1n) is 9.69. The highest BCUT2D eigenvalue weighted by Crippen LogP contribution is 2.20. The molecule has 180 valence electrons. The van der Waals surface area contributed by atoms with Crippen molar-refractivity contribution in [3.63, 3.8) is 0 Å². The summed E-state index contributed by atoms with van der Waals surface area (Å²) in [7, 11) is 0. The number of ketones is 2. The third kappa shape index (κ3) is 8.20. The van der Waals surface area contributed by atoms with Gasteiger partial charge < -0.3 is 9.84 Å². The van der Waals surface area contributed by atoms with Crippen molar-refractivity contribution in [1.82, 2.24) is 26.3 Å². The fourth-order valence-electron chi connectivity index (χ4n) is 2.50. The number of halogens is 3. The number of hydrogen-bond acceptors (Lipinski definition) is 11. The Balaban J connectivity index is 2.57. The van der Waals surface area contributed by atoms with Gasteiger partial charge in [0, 0.05) is 6.67 Å². The van der Waals surface area contributed by atoms with Crippen LogP contribution in [0.15, 0.2) is 0 Å². The molecule has 0 spiro atoms. The summed E-state index contributed by atoms with van der Waals surface area (Å²) in [6, 6.07) is -2.95. The van der Waals surface area contributed by atoms with Gasteiger partial charge in [-0.05, 0) is 19.3 Å². The number of Topliss-reactive ketones (excluding diaryl/α,β-unsaturated/α-hetero) is 2. The van der Waals surface area contributed by atoms with Crippen molar-refractivity contribution in [3.05, 3.63) is 17.7 Å². The number of nitrogens with one attached hydrogen (secondary N) is 3. The normalized spacial score (nSPS) is 14.2. The van der Waals surface area contributed by atoms with Crippen molar-refractivity contribution in [2.45, 2.75) is 51.7 Å². The summed E-state index contributed by atoms with van der Waals surface area (Å²) in [4.78, 5) is 36.4. The van der Waals surface area contributed by atoms with E-state index >= 15 is 0 Å². The van der Waals surface area contributed by atoms with E-state index in [0.717, 1.165) is 0 Å². The molecular formula is C18H27F3N6O5. The van der Waals surface area contributed by atoms with Gasteiger partial charge in [-0.2, -0.15) is 13.2 Å². The maximum atomic E-state index is 13.5. The molecule has 0 aliphatic carbocycles. The van der Waals surface area contributed by atoms with Gasteiger partial charge in [0.2, 0.25) is 11.6 Å². The van der Waals surface area contributed by atoms with Crippen molar-refractivity contribution in [1.29, 1.82) is 0 Å². The third-order valence-electron chi connectivity index (χ3n) is 4.35. The Kier molecular flexibility index (Phi) is 11.3. The second-order valence-electron chi connectivity index (χ2n) is 7.35. The molecule has 1 aromatic rings. The smallest absolute Gasteiger partial charge is 0.331 e. The van der Waals surface area contributed by atoms with E-state index in [9.17, 15) is 32.7 Å². The highest BCUT2D eigenvalue weighted by atomic mass is 19.2. The number of ether oxygens (including phenoxy) is 1. The van der Waals surface area contributed by atoms with Crippen molar-refractivity contribution < 1.29 is 37.4 Å². The summed E-state index contributed by atoms with van der Waals surface area (Å²) in [5.74, 6) is -3.27. The zero-order valence-electron chi connectivity index (χ0n) is 17.8. The van der Waals surface area contributed by atoms with Crippen molar-refractivity contribution in [3.8, 4) is 5.75 Å². The van der Waals surface area contributed by atoms with E-state index in [4.69, 9.17) is 5.84 Å². The summed E-state index contributed by atoms with van der Waals surface area (Å²) in [6.07, 6.45) is 0.0880. The topological polar surface area (TPSA) is 169 Å². The van der Waals surface area contributed by atoms with Crippen LogP contribution in [0.5, 0.6) is 5.75 Å². The fraction of sp³-hybridized carbons (Fsp3) is 0.611. The molecule has 6 N–H and O–H groups in total. The van der Waals surface area contributed by atoms with Gasteiger partial charge in [-0.15, -0.1) is 10.2 Å². The summed E-state index contributed by atoms with van der Waals surface area (Å²) < 4.78 is 44.4. The molecule has 3 atom stereocenters. The van der Waals surface area contributed by atoms with Gasteiger partial charge in [-0.1, -0.05) is 13.8 Å². The number of hydrogen-bond donors (Lipinski definition) is 5. The third-order valence-corrected chi connectivity index (χ3v) is 4.35. The van der Waals surface area contributed by atoms with E-state index < -0.39 is 59.9 Å². The van der Waals surface area contributed by atoms with Crippen molar-refractivity contribution in [2.24, 2.45) is 11.8 Å². The number of carbonyl (C=O) groups excluding carboxylic acids is 3. The number of rotatable bonds is 14. The number of hydrazine groups is 1. The molecular weight excluding hydrogens is 437 g/mol. The number of nitrogens with zero attached hydrogens (tertiary/aromatic N) is 2. The number of aliphatic hydroxyl groups excluding tert-OH is 1. The number of aliphatic hydroxyl groups is 1. The van der Waals surface area contributed by atoms with Crippen LogP contribution in [-0.2, 0) is 14.4 Å². The lowest BCUT2D eigenvalue weighted by atomic mass is 9.96. The predicted octanol–water partition coefficient (Wildman–Crippen LogP) is -0.908. The van der Waals surface area contributed by atoms with E-state index in [0.29, 0.717) is 6.42 Å². The van der Waals surface area contributed by atoms with E-state index in [1.54, 1.807) is 0 Å². The zero-order chi connectivity index (χ0) is 24.4. The lowest BCUT2D eigenvalue weighted by Gasteiger charge is -2.19. The monoisotopic (exact) mass is 464 g/mol. The lowest BCUT2D eigenvalue weighted by Crippen LogP contribution is -2.50. The van der Waals surface area contributed by atoms with Gasteiger partial charge in [-0.3, -0.25) is 26.1 Å². The van der Waals surface area contributed by atoms with Crippen LogP contribution in [0.1, 0.15) is 33.6 Å². The predicted molar refractivity (Wildman–Crippen MR) is 104 cm³/mol. The van der Waals surface area contributed by atoms with E-state index in [1.807, 2.05) is 13.8 Å². The number of carbonyl (C=O) groups is 3. The zero-order valence-corrected chi connectivity index (χ0v) is 17.8. The molecule has 1 heterocycles. The summed E-state index contributed by atoms with van der Waals surface area (Å²) >= 11 is 0. The maximum Gasteiger partial charge on any atom is 0.331 e. The minimum Gasteiger partial charge on any atom is -0.417 e. The van der Waals surface area contributed by atoms with Gasteiger partial charge >= 0.3 is 5.97 Å². The minimum absolute atomic E-state index is 0.186. The van der Waals surface area contributed by atoms with Crippen LogP contribution in [0.25, 0.3) is 0 Å². The standard InChI is InChI=1S/C18H27F3N6O5/c1-8(2)4-10(25-22)13(30)5-12(29)9(3)23-7-24-11(6-28)18(31)32-15-14(19)16(20)26-27-17(15)21/h8-11,23-25,28H,4-7,22H2,1-3H3/t9-,10-,11-/m0/s1. The Hall–Kier alpha value is -2.52. The lowest BCUT2D eigenvalue weighted by molar-refractivity contribution is -0.138. The first kappa shape index (κ1) is 27.5. The van der Waals surface area contributed by atoms with Gasteiger partial charge in [0.25, 0.3) is 11.9 Å². The highest BCUT2D eigenvalue weighted by molar-refractivity contribution is 6.03. The number of aromatic nitrogens is 2. The summed E-state index contributed by atoms with van der Waals surface area (Å²) in [6.45, 7) is 4.22.